The van der Waals surface area contributed by atoms with Crippen LogP contribution in [0.2, 0.25) is 0 Å². The number of hydrogen-bond donors (Lipinski definition) is 2. The molecule has 9 heteroatoms. The number of carboxylic acids is 1. The predicted molar refractivity (Wildman–Crippen MR) is 146 cm³/mol. The number of carboxylic acid groups (broad SMARTS) is 1. The van der Waals surface area contributed by atoms with E-state index < -0.39 is 17.9 Å². The number of amides is 1. The fourth-order valence-corrected chi connectivity index (χ4v) is 5.41. The van der Waals surface area contributed by atoms with Gasteiger partial charge in [0.2, 0.25) is 0 Å². The molecule has 1 heterocycles. The smallest absolute Gasteiger partial charge is 0.326 e. The third kappa shape index (κ3) is 7.19. The van der Waals surface area contributed by atoms with Crippen molar-refractivity contribution < 1.29 is 14.7 Å². The maximum absolute atomic E-state index is 13.3. The molecule has 1 fully saturated rings. The van der Waals surface area contributed by atoms with Crippen molar-refractivity contribution in [2.24, 2.45) is 5.92 Å². The molecular weight excluding hydrogens is 486 g/mol. The van der Waals surface area contributed by atoms with Crippen molar-refractivity contribution in [1.82, 2.24) is 25.5 Å². The summed E-state index contributed by atoms with van der Waals surface area (Å²) in [6, 6.07) is 12.6. The predicted octanol–water partition coefficient (Wildman–Crippen LogP) is 4.76. The number of rotatable bonds is 11. The molecule has 8 nitrogen and oxygen atoms in total. The van der Waals surface area contributed by atoms with E-state index in [0.29, 0.717) is 35.9 Å². The minimum atomic E-state index is -1.03. The Morgan fingerprint density at radius 1 is 1.14 bits per heavy atom. The SMILES string of the molecule is CSCCC(NC(=O)c1ccc(Cc2nnn(CC3CCCCC3)n2)cc1-c1ccccc1C)C(=O)O. The molecule has 1 saturated carbocycles. The van der Waals surface area contributed by atoms with Gasteiger partial charge in [-0.25, -0.2) is 4.79 Å². The van der Waals surface area contributed by atoms with Gasteiger partial charge in [-0.3, -0.25) is 4.79 Å². The van der Waals surface area contributed by atoms with Crippen molar-refractivity contribution in [2.75, 3.05) is 12.0 Å². The van der Waals surface area contributed by atoms with E-state index in [1.165, 1.54) is 32.1 Å². The first-order chi connectivity index (χ1) is 17.9. The average molecular weight is 522 g/mol. The number of nitrogens with zero attached hydrogens (tertiary/aromatic N) is 4. The van der Waals surface area contributed by atoms with Gasteiger partial charge in [0.15, 0.2) is 5.82 Å². The van der Waals surface area contributed by atoms with Gasteiger partial charge < -0.3 is 10.4 Å². The Labute approximate surface area is 222 Å². The quantitative estimate of drug-likeness (QED) is 0.374. The minimum absolute atomic E-state index is 0.363. The molecule has 1 aliphatic carbocycles. The van der Waals surface area contributed by atoms with Gasteiger partial charge in [0.05, 0.1) is 6.54 Å². The second-order valence-corrected chi connectivity index (χ2v) is 10.8. The zero-order chi connectivity index (χ0) is 26.2. The largest absolute Gasteiger partial charge is 0.480 e. The Balaban J connectivity index is 1.57. The first-order valence-corrected chi connectivity index (χ1v) is 14.3. The molecule has 2 N–H and O–H groups in total. The lowest BCUT2D eigenvalue weighted by Gasteiger charge is -2.20. The number of tetrazole rings is 1. The van der Waals surface area contributed by atoms with Gasteiger partial charge in [-0.15, -0.1) is 10.2 Å². The van der Waals surface area contributed by atoms with Gasteiger partial charge in [-0.2, -0.15) is 16.6 Å². The summed E-state index contributed by atoms with van der Waals surface area (Å²) in [5, 5.41) is 25.5. The molecule has 1 atom stereocenters. The maximum atomic E-state index is 13.3. The number of aromatic nitrogens is 4. The number of aliphatic carboxylic acids is 1. The van der Waals surface area contributed by atoms with Crippen molar-refractivity contribution in [2.45, 2.75) is 64.5 Å². The van der Waals surface area contributed by atoms with E-state index >= 15 is 0 Å². The van der Waals surface area contributed by atoms with Crippen LogP contribution >= 0.6 is 11.8 Å². The summed E-state index contributed by atoms with van der Waals surface area (Å²) in [7, 11) is 0. The third-order valence-electron chi connectivity index (χ3n) is 6.98. The molecule has 1 unspecified atom stereocenters. The van der Waals surface area contributed by atoms with E-state index in [4.69, 9.17) is 0 Å². The number of thioether (sulfide) groups is 1. The molecule has 1 amide bonds. The van der Waals surface area contributed by atoms with Crippen molar-refractivity contribution >= 4 is 23.6 Å². The summed E-state index contributed by atoms with van der Waals surface area (Å²) in [4.78, 5) is 26.7. The van der Waals surface area contributed by atoms with Crippen LogP contribution in [0.1, 0.15) is 65.8 Å². The molecule has 2 aromatic carbocycles. The van der Waals surface area contributed by atoms with Crippen LogP contribution in [-0.4, -0.2) is 55.2 Å². The maximum Gasteiger partial charge on any atom is 0.326 e. The van der Waals surface area contributed by atoms with E-state index in [1.54, 1.807) is 22.6 Å². The van der Waals surface area contributed by atoms with E-state index in [2.05, 4.69) is 20.7 Å². The van der Waals surface area contributed by atoms with Crippen LogP contribution in [-0.2, 0) is 17.8 Å². The third-order valence-corrected chi connectivity index (χ3v) is 7.62. The van der Waals surface area contributed by atoms with Crippen LogP contribution < -0.4 is 5.32 Å². The summed E-state index contributed by atoms with van der Waals surface area (Å²) < 4.78 is 0. The Morgan fingerprint density at radius 3 is 2.65 bits per heavy atom. The van der Waals surface area contributed by atoms with Gasteiger partial charge in [-0.1, -0.05) is 49.6 Å². The van der Waals surface area contributed by atoms with E-state index in [1.807, 2.05) is 49.6 Å². The highest BCUT2D eigenvalue weighted by atomic mass is 32.2. The molecule has 1 aromatic heterocycles. The normalized spacial score (nSPS) is 14.9. The number of benzene rings is 2. The van der Waals surface area contributed by atoms with Gasteiger partial charge in [0.25, 0.3) is 5.91 Å². The molecule has 0 spiro atoms. The number of nitrogens with one attached hydrogen (secondary N) is 1. The fraction of sp³-hybridized carbons (Fsp3) is 0.464. The van der Waals surface area contributed by atoms with Crippen molar-refractivity contribution in [3.63, 3.8) is 0 Å². The Bertz CT molecular complexity index is 1220. The molecular formula is C28H35N5O3S. The molecule has 4 rings (SSSR count). The second kappa shape index (κ2) is 12.9. The fourth-order valence-electron chi connectivity index (χ4n) is 4.93. The lowest BCUT2D eigenvalue weighted by molar-refractivity contribution is -0.139. The van der Waals surface area contributed by atoms with Crippen molar-refractivity contribution in [3.8, 4) is 11.1 Å². The van der Waals surface area contributed by atoms with Crippen LogP contribution in [0.5, 0.6) is 0 Å². The molecule has 0 bridgehead atoms. The molecule has 196 valence electrons. The Kier molecular flexibility index (Phi) is 9.33. The van der Waals surface area contributed by atoms with Crippen LogP contribution in [0.3, 0.4) is 0 Å². The van der Waals surface area contributed by atoms with Crippen molar-refractivity contribution in [1.29, 1.82) is 0 Å². The zero-order valence-corrected chi connectivity index (χ0v) is 22.3. The zero-order valence-electron chi connectivity index (χ0n) is 21.5. The molecule has 0 aliphatic heterocycles. The van der Waals surface area contributed by atoms with Gasteiger partial charge in [0.1, 0.15) is 6.04 Å². The topological polar surface area (TPSA) is 110 Å². The summed E-state index contributed by atoms with van der Waals surface area (Å²) >= 11 is 1.55. The van der Waals surface area contributed by atoms with Crippen molar-refractivity contribution in [3.05, 3.63) is 65.0 Å². The second-order valence-electron chi connectivity index (χ2n) is 9.78. The van der Waals surface area contributed by atoms with Gasteiger partial charge in [-0.05, 0) is 83.7 Å². The van der Waals surface area contributed by atoms with Gasteiger partial charge >= 0.3 is 5.97 Å². The molecule has 0 radical (unpaired) electrons. The van der Waals surface area contributed by atoms with Gasteiger partial charge in [0, 0.05) is 12.0 Å². The lowest BCUT2D eigenvalue weighted by atomic mass is 9.89. The molecule has 37 heavy (non-hydrogen) atoms. The van der Waals surface area contributed by atoms with Crippen LogP contribution in [0.15, 0.2) is 42.5 Å². The molecule has 0 saturated heterocycles. The summed E-state index contributed by atoms with van der Waals surface area (Å²) in [6.45, 7) is 2.81. The molecule has 3 aromatic rings. The standard InChI is InChI=1S/C28H35N5O3S/c1-19-8-6-7-11-22(19)24-16-21(12-13-23(24)27(34)29-25(28(35)36)14-15-37-2)17-26-30-32-33(31-26)18-20-9-4-3-5-10-20/h6-8,11-13,16,20,25H,3-5,9-10,14-15,17-18H2,1-2H3,(H,29,34)(H,35,36). The lowest BCUT2D eigenvalue weighted by Crippen LogP contribution is -2.41. The van der Waals surface area contributed by atoms with E-state index in [0.717, 1.165) is 28.8 Å². The van der Waals surface area contributed by atoms with Crippen LogP contribution in [0, 0.1) is 12.8 Å². The summed E-state index contributed by atoms with van der Waals surface area (Å²) in [5.74, 6) is 0.488. The summed E-state index contributed by atoms with van der Waals surface area (Å²) in [6.07, 6.45) is 9.09. The van der Waals surface area contributed by atoms with Crippen LogP contribution in [0.25, 0.3) is 11.1 Å². The first-order valence-electron chi connectivity index (χ1n) is 12.9. The monoisotopic (exact) mass is 521 g/mol. The first kappa shape index (κ1) is 26.9. The highest BCUT2D eigenvalue weighted by Crippen LogP contribution is 2.29. The van der Waals surface area contributed by atoms with E-state index in [9.17, 15) is 14.7 Å². The summed E-state index contributed by atoms with van der Waals surface area (Å²) in [5.41, 5.74) is 4.13. The average Bonchev–Trinajstić information content (AvgIpc) is 3.33. The number of carbonyl (C=O) groups excluding carboxylic acids is 1. The van der Waals surface area contributed by atoms with E-state index in [-0.39, 0.29) is 0 Å². The Morgan fingerprint density at radius 2 is 1.92 bits per heavy atom. The highest BCUT2D eigenvalue weighted by Gasteiger charge is 2.23. The highest BCUT2D eigenvalue weighted by molar-refractivity contribution is 7.98. The Hall–Kier alpha value is -3.20. The number of hydrogen-bond acceptors (Lipinski definition) is 6. The number of carbonyl (C=O) groups is 2. The molecule has 1 aliphatic rings. The minimum Gasteiger partial charge on any atom is -0.480 e. The van der Waals surface area contributed by atoms with Crippen LogP contribution in [0.4, 0.5) is 0 Å². The number of aryl methyl sites for hydroxylation is 1.